The van der Waals surface area contributed by atoms with Crippen LogP contribution in [0.3, 0.4) is 0 Å². The Morgan fingerprint density at radius 3 is 2.68 bits per heavy atom. The van der Waals surface area contributed by atoms with Crippen molar-refractivity contribution in [2.24, 2.45) is 0 Å². The maximum absolute atomic E-state index is 10.6. The zero-order valence-electron chi connectivity index (χ0n) is 9.93. The van der Waals surface area contributed by atoms with Gasteiger partial charge in [0.05, 0.1) is 6.07 Å². The molecule has 0 radical (unpaired) electrons. The summed E-state index contributed by atoms with van der Waals surface area (Å²) < 4.78 is 34.6. The summed E-state index contributed by atoms with van der Waals surface area (Å²) in [5.41, 5.74) is 11.2. The van der Waals surface area contributed by atoms with Crippen LogP contribution >= 0.6 is 0 Å². The van der Waals surface area contributed by atoms with Gasteiger partial charge in [-0.15, -0.1) is 0 Å². The van der Waals surface area contributed by atoms with E-state index in [0.717, 1.165) is 13.0 Å². The van der Waals surface area contributed by atoms with Crippen molar-refractivity contribution in [1.82, 2.24) is 4.98 Å². The normalized spacial score (nSPS) is 15.5. The van der Waals surface area contributed by atoms with E-state index in [2.05, 4.69) is 9.27 Å². The Balaban J connectivity index is 2.33. The van der Waals surface area contributed by atoms with Crippen LogP contribution in [0.2, 0.25) is 0 Å². The predicted octanol–water partition coefficient (Wildman–Crippen LogP) is -1.47. The third-order valence-corrected chi connectivity index (χ3v) is 2.84. The van der Waals surface area contributed by atoms with Crippen molar-refractivity contribution >= 4 is 28.0 Å². The monoisotopic (exact) mass is 288 g/mol. The molecule has 0 saturated heterocycles. The van der Waals surface area contributed by atoms with Crippen LogP contribution in [0.4, 0.5) is 17.6 Å². The molecule has 0 spiro atoms. The van der Waals surface area contributed by atoms with Gasteiger partial charge in [-0.25, -0.2) is 4.28 Å². The Morgan fingerprint density at radius 1 is 1.42 bits per heavy atom. The average molecular weight is 288 g/mol. The van der Waals surface area contributed by atoms with Crippen LogP contribution in [-0.4, -0.2) is 31.0 Å². The number of aromatic nitrogens is 2. The molecule has 10 heteroatoms. The molecule has 19 heavy (non-hydrogen) atoms. The van der Waals surface area contributed by atoms with Gasteiger partial charge in [0.25, 0.3) is 0 Å². The van der Waals surface area contributed by atoms with Gasteiger partial charge < -0.3 is 16.4 Å². The molecule has 9 nitrogen and oxygen atoms in total. The van der Waals surface area contributed by atoms with Crippen LogP contribution in [0.25, 0.3) is 0 Å². The average Bonchev–Trinajstić information content (AvgIpc) is 2.33. The quantitative estimate of drug-likeness (QED) is 0.348. The molecule has 0 amide bonds. The van der Waals surface area contributed by atoms with Crippen LogP contribution in [-0.2, 0) is 10.4 Å². The van der Waals surface area contributed by atoms with Gasteiger partial charge in [0.1, 0.15) is 0 Å². The number of anilines is 3. The molecule has 5 N–H and O–H groups in total. The first-order valence-corrected chi connectivity index (χ1v) is 6.79. The molecule has 2 heterocycles. The summed E-state index contributed by atoms with van der Waals surface area (Å²) in [5.74, 6) is 0.145. The molecule has 0 fully saturated rings. The third kappa shape index (κ3) is 3.23. The topological polar surface area (TPSA) is 136 Å². The lowest BCUT2D eigenvalue weighted by molar-refractivity contribution is -0.835. The summed E-state index contributed by atoms with van der Waals surface area (Å²) in [6, 6.07) is 1.42. The van der Waals surface area contributed by atoms with Gasteiger partial charge in [-0.05, 0) is 11.2 Å². The minimum absolute atomic E-state index is 0.0883. The van der Waals surface area contributed by atoms with E-state index in [1.165, 1.54) is 6.07 Å². The van der Waals surface area contributed by atoms with Crippen molar-refractivity contribution in [1.29, 1.82) is 0 Å². The largest absolute Gasteiger partial charge is 0.474 e. The van der Waals surface area contributed by atoms with E-state index in [4.69, 9.17) is 16.0 Å². The van der Waals surface area contributed by atoms with E-state index >= 15 is 0 Å². The van der Waals surface area contributed by atoms with Crippen molar-refractivity contribution in [3.05, 3.63) is 18.2 Å². The van der Waals surface area contributed by atoms with Gasteiger partial charge in [0.15, 0.2) is 5.82 Å². The summed E-state index contributed by atoms with van der Waals surface area (Å²) in [5, 5.41) is 0. The highest BCUT2D eigenvalue weighted by molar-refractivity contribution is 7.80. The van der Waals surface area contributed by atoms with Gasteiger partial charge in [0.2, 0.25) is 5.82 Å². The zero-order valence-corrected chi connectivity index (χ0v) is 10.7. The summed E-state index contributed by atoms with van der Waals surface area (Å²) in [7, 11) is -4.72. The second-order valence-electron chi connectivity index (χ2n) is 3.90. The Hall–Kier alpha value is -2.07. The summed E-state index contributed by atoms with van der Waals surface area (Å²) in [6.07, 6.45) is 4.90. The van der Waals surface area contributed by atoms with E-state index in [-0.39, 0.29) is 11.8 Å². The standard InChI is InChI=1S/C9H13N5O4S/c10-7-6-8(13-4-2-1-3-5-13)12-9(11)14(7)18-19(15,16)17/h1-2,6H,3-5H2,(H4,10,11,12,15,16,17)/p+1. The first-order chi connectivity index (χ1) is 8.87. The van der Waals surface area contributed by atoms with Gasteiger partial charge in [-0.1, -0.05) is 17.1 Å². The fraction of sp³-hybridized carbons (Fsp3) is 0.333. The van der Waals surface area contributed by atoms with Crippen LogP contribution in [0.1, 0.15) is 6.42 Å². The van der Waals surface area contributed by atoms with Gasteiger partial charge in [-0.3, -0.25) is 4.55 Å². The van der Waals surface area contributed by atoms with E-state index in [9.17, 15) is 8.42 Å². The van der Waals surface area contributed by atoms with Crippen molar-refractivity contribution in [3.63, 3.8) is 0 Å². The molecule has 1 aliphatic heterocycles. The fourth-order valence-electron chi connectivity index (χ4n) is 1.70. The Kier molecular flexibility index (Phi) is 3.44. The molecule has 0 aromatic carbocycles. The Labute approximate surface area is 110 Å². The van der Waals surface area contributed by atoms with E-state index in [0.29, 0.717) is 17.1 Å². The van der Waals surface area contributed by atoms with Crippen molar-refractivity contribution in [2.75, 3.05) is 29.5 Å². The molecule has 0 atom stereocenters. The Bertz CT molecular complexity index is 592. The first-order valence-electron chi connectivity index (χ1n) is 5.42. The van der Waals surface area contributed by atoms with Crippen LogP contribution in [0, 0.1) is 0 Å². The predicted molar refractivity (Wildman–Crippen MR) is 67.4 cm³/mol. The highest BCUT2D eigenvalue weighted by atomic mass is 32.3. The van der Waals surface area contributed by atoms with Crippen LogP contribution < -0.4 is 25.4 Å². The highest BCUT2D eigenvalue weighted by Crippen LogP contribution is 2.16. The summed E-state index contributed by atoms with van der Waals surface area (Å²) in [4.78, 5) is 5.92. The van der Waals surface area contributed by atoms with Crippen molar-refractivity contribution < 1.29 is 22.0 Å². The second-order valence-corrected chi connectivity index (χ2v) is 4.90. The molecule has 0 bridgehead atoms. The number of nitrogen functional groups attached to an aromatic ring is 2. The molecule has 0 saturated carbocycles. The number of hydrogen-bond acceptors (Lipinski definition) is 7. The number of nitrogens with zero attached hydrogens (tertiary/aromatic N) is 3. The lowest BCUT2D eigenvalue weighted by Gasteiger charge is -2.22. The Morgan fingerprint density at radius 2 is 2.16 bits per heavy atom. The lowest BCUT2D eigenvalue weighted by atomic mass is 10.2. The minimum Gasteiger partial charge on any atom is -0.342 e. The molecular formula is C9H14N5O4S+. The molecular weight excluding hydrogens is 274 g/mol. The van der Waals surface area contributed by atoms with Gasteiger partial charge >= 0.3 is 16.3 Å². The van der Waals surface area contributed by atoms with Crippen molar-refractivity contribution in [3.8, 4) is 0 Å². The van der Waals surface area contributed by atoms with Crippen molar-refractivity contribution in [2.45, 2.75) is 6.42 Å². The van der Waals surface area contributed by atoms with Crippen LogP contribution in [0.15, 0.2) is 18.2 Å². The zero-order chi connectivity index (χ0) is 14.0. The maximum Gasteiger partial charge on any atom is 0.474 e. The second kappa shape index (κ2) is 4.90. The molecule has 0 aliphatic carbocycles. The van der Waals surface area contributed by atoms with E-state index in [1.54, 1.807) is 0 Å². The molecule has 1 aromatic heterocycles. The highest BCUT2D eigenvalue weighted by Gasteiger charge is 2.22. The number of nitrogens with two attached hydrogens (primary N) is 2. The fourth-order valence-corrected chi connectivity index (χ4v) is 2.06. The molecule has 1 aromatic rings. The summed E-state index contributed by atoms with van der Waals surface area (Å²) in [6.45, 7) is 1.42. The molecule has 2 rings (SSSR count). The summed E-state index contributed by atoms with van der Waals surface area (Å²) >= 11 is 0. The molecule has 104 valence electrons. The van der Waals surface area contributed by atoms with Gasteiger partial charge in [0, 0.05) is 13.1 Å². The van der Waals surface area contributed by atoms with E-state index in [1.807, 2.05) is 17.1 Å². The van der Waals surface area contributed by atoms with Gasteiger partial charge in [-0.2, -0.15) is 8.42 Å². The molecule has 0 unspecified atom stereocenters. The number of rotatable bonds is 3. The smallest absolute Gasteiger partial charge is 0.342 e. The number of hydrogen-bond donors (Lipinski definition) is 3. The SMILES string of the molecule is Nc1cc(N2CC=CCC2)nc(N)[n+]1OS(=O)(=O)O. The lowest BCUT2D eigenvalue weighted by Crippen LogP contribution is -2.50. The first kappa shape index (κ1) is 13.4. The maximum atomic E-state index is 10.6. The van der Waals surface area contributed by atoms with Crippen LogP contribution in [0.5, 0.6) is 0 Å². The third-order valence-electron chi connectivity index (χ3n) is 2.50. The molecule has 1 aliphatic rings. The minimum atomic E-state index is -4.72. The van der Waals surface area contributed by atoms with E-state index < -0.39 is 10.4 Å².